The summed E-state index contributed by atoms with van der Waals surface area (Å²) in [5, 5.41) is 14.9. The van der Waals surface area contributed by atoms with Crippen LogP contribution in [0.2, 0.25) is 0 Å². The summed E-state index contributed by atoms with van der Waals surface area (Å²) in [6.07, 6.45) is 2.74. The fraction of sp³-hybridized carbons (Fsp3) is 0.344. The highest BCUT2D eigenvalue weighted by atomic mass is 16.6. The zero-order valence-corrected chi connectivity index (χ0v) is 24.1. The van der Waals surface area contributed by atoms with Crippen LogP contribution in [0.3, 0.4) is 0 Å². The van der Waals surface area contributed by atoms with Gasteiger partial charge in [-0.25, -0.2) is 14.6 Å². The molecule has 42 heavy (non-hydrogen) atoms. The van der Waals surface area contributed by atoms with E-state index in [1.165, 1.54) is 7.11 Å². The highest BCUT2D eigenvalue weighted by molar-refractivity contribution is 5.88. The summed E-state index contributed by atoms with van der Waals surface area (Å²) in [4.78, 5) is 9.57. The van der Waals surface area contributed by atoms with E-state index in [1.807, 2.05) is 60.1 Å². The second-order valence-corrected chi connectivity index (χ2v) is 10.3. The molecule has 2 aromatic heterocycles. The minimum atomic E-state index is -1.02. The van der Waals surface area contributed by atoms with E-state index in [0.29, 0.717) is 31.1 Å². The number of hydrogen-bond donors (Lipinski definition) is 1. The summed E-state index contributed by atoms with van der Waals surface area (Å²) in [6, 6.07) is 19.9. The molecule has 2 atom stereocenters. The molecule has 0 fully saturated rings. The number of nitrogens with zero attached hydrogens (tertiary/aromatic N) is 5. The van der Waals surface area contributed by atoms with Crippen molar-refractivity contribution in [2.75, 3.05) is 20.8 Å². The van der Waals surface area contributed by atoms with Crippen molar-refractivity contribution in [1.82, 2.24) is 24.3 Å². The van der Waals surface area contributed by atoms with E-state index in [9.17, 15) is 5.11 Å². The Kier molecular flexibility index (Phi) is 8.07. The molecule has 0 saturated heterocycles. The van der Waals surface area contributed by atoms with Crippen LogP contribution in [0.25, 0.3) is 33.8 Å². The molecule has 10 heteroatoms. The number of aromatic nitrogens is 5. The van der Waals surface area contributed by atoms with Crippen LogP contribution in [0.5, 0.6) is 17.2 Å². The molecule has 3 heterocycles. The molecule has 1 aliphatic heterocycles. The van der Waals surface area contributed by atoms with E-state index in [0.717, 1.165) is 64.4 Å². The monoisotopic (exact) mass is 569 g/mol. The summed E-state index contributed by atoms with van der Waals surface area (Å²) < 4.78 is 26.7. The first-order chi connectivity index (χ1) is 20.6. The number of aryl methyl sites for hydroxylation is 1. The number of hydrogen-bond acceptors (Lipinski definition) is 8. The third kappa shape index (κ3) is 5.68. The zero-order valence-electron chi connectivity index (χ0n) is 24.1. The molecular weight excluding hydrogens is 534 g/mol. The van der Waals surface area contributed by atoms with E-state index >= 15 is 0 Å². The highest BCUT2D eigenvalue weighted by Crippen LogP contribution is 2.37. The van der Waals surface area contributed by atoms with Crippen molar-refractivity contribution in [1.29, 1.82) is 0 Å². The third-order valence-corrected chi connectivity index (χ3v) is 7.50. The Balaban J connectivity index is 1.28. The van der Waals surface area contributed by atoms with Crippen molar-refractivity contribution < 1.29 is 24.1 Å². The first-order valence-corrected chi connectivity index (χ1v) is 14.2. The van der Waals surface area contributed by atoms with Gasteiger partial charge in [0.2, 0.25) is 0 Å². The second kappa shape index (κ2) is 12.2. The molecule has 3 aromatic carbocycles. The quantitative estimate of drug-likeness (QED) is 0.226. The van der Waals surface area contributed by atoms with Gasteiger partial charge >= 0.3 is 0 Å². The van der Waals surface area contributed by atoms with Gasteiger partial charge in [0.15, 0.2) is 12.1 Å². The van der Waals surface area contributed by atoms with Gasteiger partial charge in [0.1, 0.15) is 41.0 Å². The van der Waals surface area contributed by atoms with E-state index < -0.39 is 12.4 Å². The molecule has 1 N–H and O–H groups in total. The van der Waals surface area contributed by atoms with Gasteiger partial charge in [0.05, 0.1) is 25.8 Å². The molecule has 6 rings (SSSR count). The second-order valence-electron chi connectivity index (χ2n) is 10.3. The van der Waals surface area contributed by atoms with Crippen molar-refractivity contribution >= 4 is 11.0 Å². The van der Waals surface area contributed by atoms with Crippen LogP contribution in [0, 0.1) is 0 Å². The van der Waals surface area contributed by atoms with Crippen LogP contribution in [-0.4, -0.2) is 62.6 Å². The van der Waals surface area contributed by atoms with E-state index in [-0.39, 0.29) is 0 Å². The van der Waals surface area contributed by atoms with Gasteiger partial charge in [-0.05, 0) is 37.0 Å². The molecular formula is C32H35N5O5. The maximum absolute atomic E-state index is 10.2. The lowest BCUT2D eigenvalue weighted by molar-refractivity contribution is -0.136. The van der Waals surface area contributed by atoms with Crippen LogP contribution >= 0.6 is 0 Å². The van der Waals surface area contributed by atoms with Gasteiger partial charge in [-0.2, -0.15) is 5.10 Å². The highest BCUT2D eigenvalue weighted by Gasteiger charge is 2.23. The largest absolute Gasteiger partial charge is 0.497 e. The van der Waals surface area contributed by atoms with Crippen molar-refractivity contribution in [2.45, 2.75) is 51.7 Å². The third-order valence-electron chi connectivity index (χ3n) is 7.50. The maximum Gasteiger partial charge on any atom is 0.191 e. The predicted octanol–water partition coefficient (Wildman–Crippen LogP) is 5.31. The van der Waals surface area contributed by atoms with Gasteiger partial charge in [-0.15, -0.1) is 0 Å². The molecule has 0 amide bonds. The summed E-state index contributed by atoms with van der Waals surface area (Å²) in [5.74, 6) is 3.67. The predicted molar refractivity (Wildman–Crippen MR) is 159 cm³/mol. The number of aliphatic hydroxyl groups is 1. The van der Waals surface area contributed by atoms with Gasteiger partial charge < -0.3 is 28.6 Å². The van der Waals surface area contributed by atoms with E-state index in [1.54, 1.807) is 13.4 Å². The molecule has 10 nitrogen and oxygen atoms in total. The standard InChI is InChI=1S/C32H35N5O5/c1-4-27(32(38)40-3)42-25-17-26-29-28(18-25)41-16-6-5-15-37(29)31(34-26)23-11-9-22(10-12-23)30-33-20-36(35-30)19-21-7-13-24(39-2)14-8-21/h7-14,17-18,20,27,32,38H,4-6,15-16,19H2,1-3H3. The average Bonchev–Trinajstić information content (AvgIpc) is 3.63. The van der Waals surface area contributed by atoms with Gasteiger partial charge in [-0.1, -0.05) is 43.3 Å². The smallest absolute Gasteiger partial charge is 0.191 e. The van der Waals surface area contributed by atoms with Crippen LogP contribution < -0.4 is 14.2 Å². The molecule has 2 unspecified atom stereocenters. The lowest BCUT2D eigenvalue weighted by atomic mass is 10.1. The van der Waals surface area contributed by atoms with Crippen LogP contribution in [0.15, 0.2) is 67.0 Å². The van der Waals surface area contributed by atoms with Crippen LogP contribution in [0.1, 0.15) is 31.7 Å². The number of methoxy groups -OCH3 is 2. The molecule has 1 aliphatic rings. The molecule has 0 spiro atoms. The topological polar surface area (TPSA) is 106 Å². The Morgan fingerprint density at radius 3 is 2.50 bits per heavy atom. The van der Waals surface area contributed by atoms with Gasteiger partial charge in [-0.3, -0.25) is 0 Å². The molecule has 0 bridgehead atoms. The molecule has 5 aromatic rings. The minimum absolute atomic E-state index is 0.504. The SMILES string of the molecule is CCC(Oc1cc2c3c(c1)nc(-c1ccc(-c4ncn(Cc5ccc(OC)cc5)n4)cc1)n3CCCCO2)C(O)OC. The normalized spacial score (nSPS) is 14.6. The number of benzene rings is 3. The zero-order chi connectivity index (χ0) is 29.1. The van der Waals surface area contributed by atoms with Crippen molar-refractivity contribution in [3.8, 4) is 40.0 Å². The van der Waals surface area contributed by atoms with Gasteiger partial charge in [0.25, 0.3) is 0 Å². The molecule has 0 radical (unpaired) electrons. The van der Waals surface area contributed by atoms with Crippen molar-refractivity contribution in [3.05, 3.63) is 72.6 Å². The van der Waals surface area contributed by atoms with Crippen molar-refractivity contribution in [2.24, 2.45) is 0 Å². The Bertz CT molecular complexity index is 1640. The van der Waals surface area contributed by atoms with E-state index in [4.69, 9.17) is 23.9 Å². The maximum atomic E-state index is 10.2. The number of rotatable bonds is 10. The van der Waals surface area contributed by atoms with Gasteiger partial charge in [0, 0.05) is 36.9 Å². The van der Waals surface area contributed by atoms with Crippen molar-refractivity contribution in [3.63, 3.8) is 0 Å². The van der Waals surface area contributed by atoms with Crippen LogP contribution in [0.4, 0.5) is 0 Å². The summed E-state index contributed by atoms with van der Waals surface area (Å²) in [6.45, 7) is 4.03. The lowest BCUT2D eigenvalue weighted by Gasteiger charge is -2.22. The summed E-state index contributed by atoms with van der Waals surface area (Å²) >= 11 is 0. The minimum Gasteiger partial charge on any atom is -0.497 e. The Hall–Kier alpha value is -4.41. The number of aliphatic hydroxyl groups excluding tert-OH is 1. The number of ether oxygens (including phenoxy) is 4. The lowest BCUT2D eigenvalue weighted by Crippen LogP contribution is -2.32. The Labute approximate surface area is 244 Å². The van der Waals surface area contributed by atoms with Crippen LogP contribution in [-0.2, 0) is 17.8 Å². The Morgan fingerprint density at radius 1 is 0.976 bits per heavy atom. The molecule has 218 valence electrons. The summed E-state index contributed by atoms with van der Waals surface area (Å²) in [5.41, 5.74) is 4.76. The Morgan fingerprint density at radius 2 is 1.76 bits per heavy atom. The van der Waals surface area contributed by atoms with E-state index in [2.05, 4.69) is 26.8 Å². The fourth-order valence-electron chi connectivity index (χ4n) is 5.23. The molecule has 0 saturated carbocycles. The average molecular weight is 570 g/mol. The summed E-state index contributed by atoms with van der Waals surface area (Å²) in [7, 11) is 3.12. The molecule has 0 aliphatic carbocycles. The number of imidazole rings is 1. The first-order valence-electron chi connectivity index (χ1n) is 14.2. The first kappa shape index (κ1) is 27.7. The fourth-order valence-corrected chi connectivity index (χ4v) is 5.23.